The largest absolute Gasteiger partial charge is 0.480 e. The number of carbonyl (C=O) groups is 1. The third-order valence-electron chi connectivity index (χ3n) is 5.35. The lowest BCUT2D eigenvalue weighted by Gasteiger charge is -2.37. The average Bonchev–Trinajstić information content (AvgIpc) is 3.07. The molecule has 2 N–H and O–H groups in total. The maximum Gasteiger partial charge on any atom is 0.329 e. The Labute approximate surface area is 175 Å². The van der Waals surface area contributed by atoms with E-state index in [2.05, 4.69) is 14.9 Å². The monoisotopic (exact) mass is 432 g/mol. The standard InChI is InChI=1S/C19H21ClN6O4/c1-11-3-4-12(20)9-13(11)24-5-7-25(8-6-24)18-21-16-15(26(18)10-14(27)28)17(29)22-19(30)23(16)2/h3-4,9H,5-8,10H2,1-2H3,(H,27,28)(H,22,29,30). The lowest BCUT2D eigenvalue weighted by Crippen LogP contribution is -2.47. The van der Waals surface area contributed by atoms with E-state index >= 15 is 0 Å². The minimum absolute atomic E-state index is 0.0719. The van der Waals surface area contributed by atoms with Gasteiger partial charge in [0.05, 0.1) is 0 Å². The molecule has 4 rings (SSSR count). The topological polar surface area (TPSA) is 116 Å². The van der Waals surface area contributed by atoms with Gasteiger partial charge in [0.1, 0.15) is 6.54 Å². The van der Waals surface area contributed by atoms with Crippen LogP contribution in [0.15, 0.2) is 27.8 Å². The van der Waals surface area contributed by atoms with E-state index in [9.17, 15) is 19.5 Å². The molecule has 30 heavy (non-hydrogen) atoms. The smallest absolute Gasteiger partial charge is 0.329 e. The van der Waals surface area contributed by atoms with Crippen LogP contribution in [0.4, 0.5) is 11.6 Å². The number of carboxylic acids is 1. The van der Waals surface area contributed by atoms with Crippen LogP contribution in [0.5, 0.6) is 0 Å². The summed E-state index contributed by atoms with van der Waals surface area (Å²) in [4.78, 5) is 46.6. The number of hydrogen-bond acceptors (Lipinski definition) is 6. The Hall–Kier alpha value is -3.27. The number of halogens is 1. The fraction of sp³-hybridized carbons (Fsp3) is 0.368. The first-order valence-electron chi connectivity index (χ1n) is 9.43. The van der Waals surface area contributed by atoms with Crippen molar-refractivity contribution < 1.29 is 9.90 Å². The highest BCUT2D eigenvalue weighted by molar-refractivity contribution is 6.30. The van der Waals surface area contributed by atoms with Gasteiger partial charge in [-0.3, -0.25) is 23.7 Å². The number of rotatable bonds is 4. The highest BCUT2D eigenvalue weighted by Crippen LogP contribution is 2.27. The number of nitrogens with zero attached hydrogens (tertiary/aromatic N) is 5. The predicted molar refractivity (Wildman–Crippen MR) is 114 cm³/mol. The van der Waals surface area contributed by atoms with Crippen LogP contribution in [0.3, 0.4) is 0 Å². The second-order valence-corrected chi connectivity index (χ2v) is 7.72. The summed E-state index contributed by atoms with van der Waals surface area (Å²) in [6, 6.07) is 5.76. The summed E-state index contributed by atoms with van der Waals surface area (Å²) < 4.78 is 2.57. The van der Waals surface area contributed by atoms with Crippen molar-refractivity contribution in [2.45, 2.75) is 13.5 Å². The first-order chi connectivity index (χ1) is 14.3. The van der Waals surface area contributed by atoms with Crippen LogP contribution in [-0.2, 0) is 18.4 Å². The van der Waals surface area contributed by atoms with Gasteiger partial charge in [-0.25, -0.2) is 4.79 Å². The van der Waals surface area contributed by atoms with Crippen LogP contribution in [-0.4, -0.2) is 56.4 Å². The summed E-state index contributed by atoms with van der Waals surface area (Å²) in [6.07, 6.45) is 0. The van der Waals surface area contributed by atoms with Crippen molar-refractivity contribution in [2.75, 3.05) is 36.0 Å². The molecule has 0 unspecified atom stereocenters. The summed E-state index contributed by atoms with van der Waals surface area (Å²) in [6.45, 7) is 4.08. The zero-order valence-electron chi connectivity index (χ0n) is 16.6. The molecule has 0 atom stereocenters. The maximum absolute atomic E-state index is 12.4. The predicted octanol–water partition coefficient (Wildman–Crippen LogP) is 0.796. The molecule has 0 radical (unpaired) electrons. The van der Waals surface area contributed by atoms with Gasteiger partial charge >= 0.3 is 11.7 Å². The van der Waals surface area contributed by atoms with Gasteiger partial charge in [-0.05, 0) is 24.6 Å². The van der Waals surface area contributed by atoms with Crippen molar-refractivity contribution in [2.24, 2.45) is 7.05 Å². The molecule has 1 aromatic carbocycles. The van der Waals surface area contributed by atoms with E-state index in [1.165, 1.54) is 16.2 Å². The third-order valence-corrected chi connectivity index (χ3v) is 5.59. The van der Waals surface area contributed by atoms with Crippen LogP contribution in [0.2, 0.25) is 5.02 Å². The van der Waals surface area contributed by atoms with Crippen LogP contribution in [0.25, 0.3) is 11.2 Å². The SMILES string of the molecule is Cc1ccc(Cl)cc1N1CCN(c2nc3c(c(=O)[nH]c(=O)n3C)n2CC(=O)O)CC1. The molecule has 3 heterocycles. The van der Waals surface area contributed by atoms with Crippen LogP contribution >= 0.6 is 11.6 Å². The summed E-state index contributed by atoms with van der Waals surface area (Å²) in [5.41, 5.74) is 1.16. The van der Waals surface area contributed by atoms with Crippen LogP contribution in [0, 0.1) is 6.92 Å². The zero-order valence-corrected chi connectivity index (χ0v) is 17.3. The van der Waals surface area contributed by atoms with Gasteiger partial charge in [-0.15, -0.1) is 0 Å². The number of H-pyrrole nitrogens is 1. The maximum atomic E-state index is 12.4. The van der Waals surface area contributed by atoms with Gasteiger partial charge in [0.25, 0.3) is 5.56 Å². The number of imidazole rings is 1. The number of aryl methyl sites for hydroxylation is 2. The van der Waals surface area contributed by atoms with E-state index < -0.39 is 23.8 Å². The Morgan fingerprint density at radius 1 is 1.20 bits per heavy atom. The molecular formula is C19H21ClN6O4. The summed E-state index contributed by atoms with van der Waals surface area (Å²) >= 11 is 6.15. The molecule has 0 amide bonds. The number of benzene rings is 1. The number of fused-ring (bicyclic) bond motifs is 1. The normalized spacial score (nSPS) is 14.5. The van der Waals surface area contributed by atoms with Crippen LogP contribution in [0.1, 0.15) is 5.56 Å². The first-order valence-corrected chi connectivity index (χ1v) is 9.81. The number of aliphatic carboxylic acids is 1. The number of aromatic amines is 1. The number of aromatic nitrogens is 4. The molecule has 11 heteroatoms. The van der Waals surface area contributed by atoms with Gasteiger partial charge in [-0.1, -0.05) is 17.7 Å². The fourth-order valence-corrected chi connectivity index (χ4v) is 3.99. The summed E-state index contributed by atoms with van der Waals surface area (Å²) in [7, 11) is 1.49. The Bertz CT molecular complexity index is 1250. The highest BCUT2D eigenvalue weighted by Gasteiger charge is 2.26. The Kier molecular flexibility index (Phi) is 5.02. The average molecular weight is 433 g/mol. The van der Waals surface area contributed by atoms with Crippen molar-refractivity contribution >= 4 is 40.4 Å². The quantitative estimate of drug-likeness (QED) is 0.626. The summed E-state index contributed by atoms with van der Waals surface area (Å²) in [5, 5.41) is 10.0. The lowest BCUT2D eigenvalue weighted by molar-refractivity contribution is -0.137. The molecule has 0 saturated carbocycles. The lowest BCUT2D eigenvalue weighted by atomic mass is 10.1. The number of piperazine rings is 1. The van der Waals surface area contributed by atoms with Gasteiger partial charge < -0.3 is 14.9 Å². The second kappa shape index (κ2) is 7.52. The molecule has 0 spiro atoms. The molecular weight excluding hydrogens is 412 g/mol. The minimum atomic E-state index is -1.10. The number of anilines is 2. The van der Waals surface area contributed by atoms with Crippen LogP contribution < -0.4 is 21.0 Å². The highest BCUT2D eigenvalue weighted by atomic mass is 35.5. The second-order valence-electron chi connectivity index (χ2n) is 7.29. The molecule has 0 bridgehead atoms. The molecule has 10 nitrogen and oxygen atoms in total. The van der Waals surface area contributed by atoms with Gasteiger partial charge in [-0.2, -0.15) is 4.98 Å². The van der Waals surface area contributed by atoms with Crippen molar-refractivity contribution in [3.05, 3.63) is 49.6 Å². The Morgan fingerprint density at radius 3 is 2.53 bits per heavy atom. The van der Waals surface area contributed by atoms with Crippen molar-refractivity contribution in [3.8, 4) is 0 Å². The zero-order chi connectivity index (χ0) is 21.6. The molecule has 1 aliphatic rings. The van der Waals surface area contributed by atoms with E-state index in [-0.39, 0.29) is 11.2 Å². The van der Waals surface area contributed by atoms with E-state index in [0.29, 0.717) is 37.1 Å². The molecule has 2 aromatic heterocycles. The Morgan fingerprint density at radius 2 is 1.87 bits per heavy atom. The van der Waals surface area contributed by atoms with E-state index in [1.807, 2.05) is 30.0 Å². The fourth-order valence-electron chi connectivity index (χ4n) is 3.82. The van der Waals surface area contributed by atoms with Crippen molar-refractivity contribution in [3.63, 3.8) is 0 Å². The summed E-state index contributed by atoms with van der Waals surface area (Å²) in [5.74, 6) is -0.737. The third kappa shape index (κ3) is 3.43. The number of nitrogens with one attached hydrogen (secondary N) is 1. The molecule has 158 valence electrons. The number of carboxylic acid groups (broad SMARTS) is 1. The first kappa shape index (κ1) is 20.0. The molecule has 1 fully saturated rings. The van der Waals surface area contributed by atoms with Gasteiger partial charge in [0.2, 0.25) is 5.95 Å². The molecule has 3 aromatic rings. The van der Waals surface area contributed by atoms with E-state index in [0.717, 1.165) is 11.3 Å². The van der Waals surface area contributed by atoms with Crippen molar-refractivity contribution in [1.29, 1.82) is 0 Å². The minimum Gasteiger partial charge on any atom is -0.480 e. The van der Waals surface area contributed by atoms with E-state index in [1.54, 1.807) is 0 Å². The molecule has 1 aliphatic heterocycles. The molecule has 0 aliphatic carbocycles. The molecule has 1 saturated heterocycles. The number of hydrogen-bond donors (Lipinski definition) is 2. The Balaban J connectivity index is 1.70. The van der Waals surface area contributed by atoms with Gasteiger partial charge in [0.15, 0.2) is 11.2 Å². The van der Waals surface area contributed by atoms with E-state index in [4.69, 9.17) is 11.6 Å². The van der Waals surface area contributed by atoms with Crippen molar-refractivity contribution in [1.82, 2.24) is 19.1 Å². The van der Waals surface area contributed by atoms with Gasteiger partial charge in [0, 0.05) is 43.9 Å².